The van der Waals surface area contributed by atoms with Gasteiger partial charge in [-0.3, -0.25) is 4.98 Å². The summed E-state index contributed by atoms with van der Waals surface area (Å²) in [6, 6.07) is 8.51. The second-order valence-electron chi connectivity index (χ2n) is 4.01. The molecular formula is C14H13FN2O2. The van der Waals surface area contributed by atoms with E-state index in [9.17, 15) is 4.39 Å². The molecule has 0 fully saturated rings. The van der Waals surface area contributed by atoms with Crippen LogP contribution < -0.4 is 4.74 Å². The van der Waals surface area contributed by atoms with E-state index in [-0.39, 0.29) is 6.61 Å². The van der Waals surface area contributed by atoms with Crippen LogP contribution in [0.1, 0.15) is 18.1 Å². The van der Waals surface area contributed by atoms with Gasteiger partial charge in [0.15, 0.2) is 0 Å². The first-order valence-corrected chi connectivity index (χ1v) is 5.70. The molecule has 19 heavy (non-hydrogen) atoms. The summed E-state index contributed by atoms with van der Waals surface area (Å²) >= 11 is 0. The van der Waals surface area contributed by atoms with Crippen molar-refractivity contribution in [2.45, 2.75) is 13.5 Å². The molecule has 0 amide bonds. The molecule has 1 aromatic heterocycles. The van der Waals surface area contributed by atoms with E-state index in [2.05, 4.69) is 10.1 Å². The summed E-state index contributed by atoms with van der Waals surface area (Å²) in [5.41, 5.74) is 1.91. The zero-order valence-electron chi connectivity index (χ0n) is 10.4. The van der Waals surface area contributed by atoms with Crippen LogP contribution in [-0.4, -0.2) is 15.9 Å². The molecule has 98 valence electrons. The van der Waals surface area contributed by atoms with Crippen LogP contribution in [0.15, 0.2) is 47.9 Å². The van der Waals surface area contributed by atoms with E-state index in [1.54, 1.807) is 31.3 Å². The number of rotatable bonds is 4. The summed E-state index contributed by atoms with van der Waals surface area (Å²) in [7, 11) is 0. The molecule has 1 aromatic carbocycles. The SMILES string of the molecule is C/C(=N/O)c1cccc(OCc2cncc(F)c2)c1. The van der Waals surface area contributed by atoms with E-state index >= 15 is 0 Å². The molecule has 0 spiro atoms. The number of halogens is 1. The fourth-order valence-corrected chi connectivity index (χ4v) is 1.57. The molecule has 0 saturated heterocycles. The average Bonchev–Trinajstić information content (AvgIpc) is 2.45. The highest BCUT2D eigenvalue weighted by Gasteiger charge is 2.02. The Morgan fingerprint density at radius 3 is 2.95 bits per heavy atom. The van der Waals surface area contributed by atoms with Gasteiger partial charge in [0.05, 0.1) is 11.9 Å². The van der Waals surface area contributed by atoms with Gasteiger partial charge in [-0.15, -0.1) is 0 Å². The number of nitrogens with zero attached hydrogens (tertiary/aromatic N) is 2. The monoisotopic (exact) mass is 260 g/mol. The van der Waals surface area contributed by atoms with Crippen molar-refractivity contribution in [3.63, 3.8) is 0 Å². The molecule has 1 heterocycles. The van der Waals surface area contributed by atoms with E-state index in [4.69, 9.17) is 9.94 Å². The molecule has 0 radical (unpaired) electrons. The summed E-state index contributed by atoms with van der Waals surface area (Å²) in [6.45, 7) is 1.92. The molecule has 0 unspecified atom stereocenters. The first-order valence-electron chi connectivity index (χ1n) is 5.70. The Morgan fingerprint density at radius 2 is 2.21 bits per heavy atom. The zero-order chi connectivity index (χ0) is 13.7. The highest BCUT2D eigenvalue weighted by Crippen LogP contribution is 2.16. The number of hydrogen-bond acceptors (Lipinski definition) is 4. The first kappa shape index (κ1) is 13.0. The van der Waals surface area contributed by atoms with Crippen LogP contribution in [0.2, 0.25) is 0 Å². The van der Waals surface area contributed by atoms with Gasteiger partial charge in [0.2, 0.25) is 0 Å². The van der Waals surface area contributed by atoms with E-state index in [0.29, 0.717) is 17.0 Å². The molecule has 2 rings (SSSR count). The van der Waals surface area contributed by atoms with Gasteiger partial charge >= 0.3 is 0 Å². The number of ether oxygens (including phenoxy) is 1. The minimum Gasteiger partial charge on any atom is -0.489 e. The van der Waals surface area contributed by atoms with Crippen molar-refractivity contribution in [1.29, 1.82) is 0 Å². The maximum absolute atomic E-state index is 12.9. The molecule has 0 bridgehead atoms. The molecule has 0 aliphatic rings. The lowest BCUT2D eigenvalue weighted by molar-refractivity contribution is 0.305. The van der Waals surface area contributed by atoms with Crippen LogP contribution in [-0.2, 0) is 6.61 Å². The number of oxime groups is 1. The van der Waals surface area contributed by atoms with E-state index in [1.165, 1.54) is 6.07 Å². The fraction of sp³-hybridized carbons (Fsp3) is 0.143. The summed E-state index contributed by atoms with van der Waals surface area (Å²) in [5.74, 6) is 0.225. The molecule has 0 saturated carbocycles. The minimum absolute atomic E-state index is 0.226. The van der Waals surface area contributed by atoms with Crippen LogP contribution in [0.5, 0.6) is 5.75 Å². The lowest BCUT2D eigenvalue weighted by atomic mass is 10.1. The summed E-state index contributed by atoms with van der Waals surface area (Å²) in [6.07, 6.45) is 2.69. The highest BCUT2D eigenvalue weighted by atomic mass is 19.1. The molecule has 0 atom stereocenters. The van der Waals surface area contributed by atoms with E-state index in [0.717, 1.165) is 11.8 Å². The van der Waals surface area contributed by atoms with E-state index in [1.807, 2.05) is 6.07 Å². The molecule has 5 heteroatoms. The summed E-state index contributed by atoms with van der Waals surface area (Å²) in [5, 5.41) is 11.8. The van der Waals surface area contributed by atoms with Crippen molar-refractivity contribution in [2.75, 3.05) is 0 Å². The minimum atomic E-state index is -0.391. The Labute approximate surface area is 110 Å². The van der Waals surface area contributed by atoms with Gasteiger partial charge in [0, 0.05) is 17.3 Å². The lowest BCUT2D eigenvalue weighted by Crippen LogP contribution is -1.99. The van der Waals surface area contributed by atoms with Crippen LogP contribution >= 0.6 is 0 Å². The van der Waals surface area contributed by atoms with Gasteiger partial charge in [0.25, 0.3) is 0 Å². The lowest BCUT2D eigenvalue weighted by Gasteiger charge is -2.07. The topological polar surface area (TPSA) is 54.7 Å². The Hall–Kier alpha value is -2.43. The third kappa shape index (κ3) is 3.51. The van der Waals surface area contributed by atoms with Crippen LogP contribution in [0.3, 0.4) is 0 Å². The quantitative estimate of drug-likeness (QED) is 0.522. The normalized spacial score (nSPS) is 11.4. The van der Waals surface area contributed by atoms with Crippen LogP contribution in [0.4, 0.5) is 4.39 Å². The Balaban J connectivity index is 2.08. The molecule has 4 nitrogen and oxygen atoms in total. The van der Waals surface area contributed by atoms with Gasteiger partial charge in [-0.05, 0) is 25.1 Å². The van der Waals surface area contributed by atoms with Crippen LogP contribution in [0, 0.1) is 5.82 Å². The highest BCUT2D eigenvalue weighted by molar-refractivity contribution is 5.98. The smallest absolute Gasteiger partial charge is 0.141 e. The Bertz CT molecular complexity index is 600. The summed E-state index contributed by atoms with van der Waals surface area (Å²) < 4.78 is 18.5. The van der Waals surface area contributed by atoms with Crippen molar-refractivity contribution in [2.24, 2.45) is 5.16 Å². The zero-order valence-corrected chi connectivity index (χ0v) is 10.4. The molecule has 2 aromatic rings. The van der Waals surface area contributed by atoms with E-state index < -0.39 is 5.82 Å². The Kier molecular flexibility index (Phi) is 4.07. The van der Waals surface area contributed by atoms with Gasteiger partial charge in [0.1, 0.15) is 18.2 Å². The van der Waals surface area contributed by atoms with Crippen molar-refractivity contribution >= 4 is 5.71 Å². The molecular weight excluding hydrogens is 247 g/mol. The number of hydrogen-bond donors (Lipinski definition) is 1. The largest absolute Gasteiger partial charge is 0.489 e. The number of aromatic nitrogens is 1. The van der Waals surface area contributed by atoms with Crippen molar-refractivity contribution in [3.8, 4) is 5.75 Å². The van der Waals surface area contributed by atoms with Crippen molar-refractivity contribution < 1.29 is 14.3 Å². The third-order valence-electron chi connectivity index (χ3n) is 2.57. The maximum atomic E-state index is 12.9. The van der Waals surface area contributed by atoms with Gasteiger partial charge < -0.3 is 9.94 Å². The van der Waals surface area contributed by atoms with Gasteiger partial charge in [-0.2, -0.15) is 0 Å². The molecule has 0 aliphatic heterocycles. The standard InChI is InChI=1S/C14H13FN2O2/c1-10(17-18)12-3-2-4-14(6-12)19-9-11-5-13(15)8-16-7-11/h2-8,18H,9H2,1H3/b17-10-. The number of pyridine rings is 1. The van der Waals surface area contributed by atoms with Crippen molar-refractivity contribution in [3.05, 3.63) is 59.7 Å². The van der Waals surface area contributed by atoms with Crippen molar-refractivity contribution in [1.82, 2.24) is 4.98 Å². The second-order valence-corrected chi connectivity index (χ2v) is 4.01. The molecule has 1 N–H and O–H groups in total. The van der Waals surface area contributed by atoms with Gasteiger partial charge in [-0.25, -0.2) is 4.39 Å². The fourth-order valence-electron chi connectivity index (χ4n) is 1.57. The average molecular weight is 260 g/mol. The van der Waals surface area contributed by atoms with Crippen LogP contribution in [0.25, 0.3) is 0 Å². The maximum Gasteiger partial charge on any atom is 0.141 e. The predicted octanol–water partition coefficient (Wildman–Crippen LogP) is 3.00. The predicted molar refractivity (Wildman–Crippen MR) is 69.0 cm³/mol. The summed E-state index contributed by atoms with van der Waals surface area (Å²) in [4.78, 5) is 3.75. The number of benzene rings is 1. The second kappa shape index (κ2) is 5.95. The third-order valence-corrected chi connectivity index (χ3v) is 2.57. The van der Waals surface area contributed by atoms with Gasteiger partial charge in [-0.1, -0.05) is 17.3 Å². The molecule has 0 aliphatic carbocycles. The first-order chi connectivity index (χ1) is 9.19. The Morgan fingerprint density at radius 1 is 1.37 bits per heavy atom.